The van der Waals surface area contributed by atoms with Crippen LogP contribution in [-0.4, -0.2) is 49.3 Å². The lowest BCUT2D eigenvalue weighted by Gasteiger charge is -2.19. The summed E-state index contributed by atoms with van der Waals surface area (Å²) in [5.74, 6) is -0.845. The van der Waals surface area contributed by atoms with Crippen molar-refractivity contribution < 1.29 is 37.6 Å². The van der Waals surface area contributed by atoms with E-state index in [1.807, 2.05) is 0 Å². The zero-order valence-electron chi connectivity index (χ0n) is 54.5. The second-order valence-corrected chi connectivity index (χ2v) is 24.1. The van der Waals surface area contributed by atoms with Crippen LogP contribution < -0.4 is 5.73 Å². The SMILES string of the molecule is CC/C=C\C/C=C\C/C=C\C/C=C\C/C=C\C/C=C\C/C=C\C/C=C\CCCCCCCCC(=O)OC(COC(=O)CCCCCCCCCCCCCCCCCCCC/C=C\C/C=C\C/C=C\CCCCCCC)COP(=O)(O)OCCN. The van der Waals surface area contributed by atoms with Crippen LogP contribution in [0.3, 0.4) is 0 Å². The molecule has 0 aromatic rings. The Kier molecular flexibility index (Phi) is 66.1. The van der Waals surface area contributed by atoms with E-state index < -0.39 is 26.5 Å². The minimum atomic E-state index is -4.41. The third-order valence-corrected chi connectivity index (χ3v) is 15.5. The Morgan fingerprint density at radius 2 is 0.647 bits per heavy atom. The van der Waals surface area contributed by atoms with E-state index in [4.69, 9.17) is 24.3 Å². The van der Waals surface area contributed by atoms with E-state index in [0.717, 1.165) is 122 Å². The zero-order valence-corrected chi connectivity index (χ0v) is 55.4. The highest BCUT2D eigenvalue weighted by Crippen LogP contribution is 2.43. The highest BCUT2D eigenvalue weighted by atomic mass is 31.2. The molecule has 85 heavy (non-hydrogen) atoms. The van der Waals surface area contributed by atoms with E-state index >= 15 is 0 Å². The van der Waals surface area contributed by atoms with E-state index in [2.05, 4.69) is 148 Å². The van der Waals surface area contributed by atoms with Gasteiger partial charge < -0.3 is 20.1 Å². The first-order valence-corrected chi connectivity index (χ1v) is 36.2. The second kappa shape index (κ2) is 69.3. The molecule has 486 valence electrons. The minimum Gasteiger partial charge on any atom is -0.462 e. The lowest BCUT2D eigenvalue weighted by atomic mass is 10.0. The Labute approximate surface area is 523 Å². The van der Waals surface area contributed by atoms with Gasteiger partial charge in [0.05, 0.1) is 13.2 Å². The maximum atomic E-state index is 12.8. The zero-order chi connectivity index (χ0) is 61.6. The van der Waals surface area contributed by atoms with Crippen LogP contribution in [0.4, 0.5) is 0 Å². The molecule has 0 amide bonds. The Balaban J connectivity index is 3.95. The molecule has 2 atom stereocenters. The van der Waals surface area contributed by atoms with Crippen LogP contribution in [0, 0.1) is 0 Å². The van der Waals surface area contributed by atoms with Crippen molar-refractivity contribution >= 4 is 19.8 Å². The summed E-state index contributed by atoms with van der Waals surface area (Å²) < 4.78 is 33.2. The molecule has 0 aliphatic rings. The number of phosphoric ester groups is 1. The first-order valence-electron chi connectivity index (χ1n) is 34.7. The van der Waals surface area contributed by atoms with Gasteiger partial charge in [0.25, 0.3) is 0 Å². The molecule has 0 aliphatic heterocycles. The predicted octanol–water partition coefficient (Wildman–Crippen LogP) is 22.9. The average Bonchev–Trinajstić information content (AvgIpc) is 3.52. The molecular weight excluding hydrogens is 1070 g/mol. The van der Waals surface area contributed by atoms with Crippen LogP contribution in [-0.2, 0) is 32.7 Å². The molecule has 0 fully saturated rings. The standard InChI is InChI=1S/C75H128NO8P/c1-3-5-7-9-11-13-15-17-19-21-23-25-27-29-31-33-35-36-38-39-41-43-45-47-49-51-53-55-57-59-61-63-65-67-74(77)81-71-73(72-83-85(79,80)82-70-69-76)84-75(78)68-66-64-62-60-58-56-54-52-50-48-46-44-42-40-37-34-32-30-28-26-24-22-20-18-16-14-12-10-8-6-4-2/h6,8,12,14-15,17-18,20-21,23-24,26-27,29-30,32,37,40,44,46,50,52,73H,3-5,7,9-11,13,16,19,22,25,28,31,33-36,38-39,41-43,45,47-49,51,53-72,76H2,1-2H3,(H,79,80)/b8-6-,14-12-,17-15-,20-18-,23-21-,26-24-,29-27-,32-30-,40-37-,46-44-,52-50-. The Bertz CT molecular complexity index is 1860. The number of rotatable bonds is 64. The van der Waals surface area contributed by atoms with Crippen LogP contribution >= 0.6 is 7.82 Å². The molecule has 0 aromatic carbocycles. The number of unbranched alkanes of at least 4 members (excludes halogenated alkanes) is 29. The first-order chi connectivity index (χ1) is 41.8. The molecule has 0 saturated carbocycles. The van der Waals surface area contributed by atoms with Gasteiger partial charge in [0.2, 0.25) is 0 Å². The van der Waals surface area contributed by atoms with Crippen molar-refractivity contribution in [3.8, 4) is 0 Å². The smallest absolute Gasteiger partial charge is 0.462 e. The fraction of sp³-hybridized carbons (Fsp3) is 0.680. The van der Waals surface area contributed by atoms with Crippen LogP contribution in [0.25, 0.3) is 0 Å². The molecule has 3 N–H and O–H groups in total. The quantitative estimate of drug-likeness (QED) is 0.0264. The van der Waals surface area contributed by atoms with Crippen molar-refractivity contribution in [3.63, 3.8) is 0 Å². The van der Waals surface area contributed by atoms with Crippen LogP contribution in [0.5, 0.6) is 0 Å². The monoisotopic (exact) mass is 1200 g/mol. The summed E-state index contributed by atoms with van der Waals surface area (Å²) in [4.78, 5) is 35.4. The molecular formula is C75H128NO8P. The number of ether oxygens (including phenoxy) is 2. The van der Waals surface area contributed by atoms with Crippen molar-refractivity contribution in [3.05, 3.63) is 134 Å². The highest BCUT2D eigenvalue weighted by Gasteiger charge is 2.26. The lowest BCUT2D eigenvalue weighted by Crippen LogP contribution is -2.29. The van der Waals surface area contributed by atoms with E-state index in [1.54, 1.807) is 0 Å². The van der Waals surface area contributed by atoms with Gasteiger partial charge in [0.15, 0.2) is 6.10 Å². The van der Waals surface area contributed by atoms with Gasteiger partial charge in [-0.05, 0) is 116 Å². The normalized spacial score (nSPS) is 13.8. The third-order valence-electron chi connectivity index (χ3n) is 14.5. The summed E-state index contributed by atoms with van der Waals surface area (Å²) in [5.41, 5.74) is 5.40. The highest BCUT2D eigenvalue weighted by molar-refractivity contribution is 7.47. The molecule has 0 rings (SSSR count). The fourth-order valence-corrected chi connectivity index (χ4v) is 10.2. The molecule has 0 aliphatic carbocycles. The number of allylic oxidation sites excluding steroid dienone is 22. The van der Waals surface area contributed by atoms with Gasteiger partial charge in [-0.3, -0.25) is 18.6 Å². The Morgan fingerprint density at radius 1 is 0.365 bits per heavy atom. The van der Waals surface area contributed by atoms with Gasteiger partial charge in [-0.15, -0.1) is 0 Å². The van der Waals surface area contributed by atoms with Crippen molar-refractivity contribution in [2.75, 3.05) is 26.4 Å². The molecule has 0 spiro atoms. The molecule has 0 heterocycles. The molecule has 2 unspecified atom stereocenters. The number of hydrogen-bond donors (Lipinski definition) is 2. The molecule has 9 nitrogen and oxygen atoms in total. The van der Waals surface area contributed by atoms with E-state index in [1.165, 1.54) is 141 Å². The Hall–Kier alpha value is -3.85. The van der Waals surface area contributed by atoms with Gasteiger partial charge in [-0.1, -0.05) is 302 Å². The summed E-state index contributed by atoms with van der Waals surface area (Å²) >= 11 is 0. The molecule has 0 saturated heterocycles. The maximum Gasteiger partial charge on any atom is 0.472 e. The van der Waals surface area contributed by atoms with Gasteiger partial charge in [0.1, 0.15) is 6.61 Å². The van der Waals surface area contributed by atoms with Crippen LogP contribution in [0.2, 0.25) is 0 Å². The van der Waals surface area contributed by atoms with Gasteiger partial charge in [-0.2, -0.15) is 0 Å². The topological polar surface area (TPSA) is 134 Å². The summed E-state index contributed by atoms with van der Waals surface area (Å²) in [6.45, 7) is 3.61. The molecule has 10 heteroatoms. The maximum absolute atomic E-state index is 12.8. The van der Waals surface area contributed by atoms with E-state index in [0.29, 0.717) is 6.42 Å². The number of hydrogen-bond acceptors (Lipinski definition) is 8. The Morgan fingerprint density at radius 3 is 0.965 bits per heavy atom. The number of carbonyl (C=O) groups is 2. The first kappa shape index (κ1) is 81.2. The summed E-state index contributed by atoms with van der Waals surface area (Å²) in [5, 5.41) is 0. The minimum absolute atomic E-state index is 0.0449. The molecule has 0 bridgehead atoms. The number of phosphoric acid groups is 1. The van der Waals surface area contributed by atoms with E-state index in [9.17, 15) is 19.0 Å². The largest absolute Gasteiger partial charge is 0.472 e. The van der Waals surface area contributed by atoms with Gasteiger partial charge in [0, 0.05) is 19.4 Å². The summed E-state index contributed by atoms with van der Waals surface area (Å²) in [6.07, 6.45) is 98.2. The molecule has 0 radical (unpaired) electrons. The van der Waals surface area contributed by atoms with E-state index in [-0.39, 0.29) is 38.6 Å². The summed E-state index contributed by atoms with van der Waals surface area (Å²) in [6, 6.07) is 0. The van der Waals surface area contributed by atoms with Gasteiger partial charge in [-0.25, -0.2) is 4.57 Å². The predicted molar refractivity (Wildman–Crippen MR) is 367 cm³/mol. The number of carbonyl (C=O) groups excluding carboxylic acids is 2. The van der Waals surface area contributed by atoms with Crippen molar-refractivity contribution in [2.45, 2.75) is 302 Å². The number of esters is 2. The third kappa shape index (κ3) is 69.1. The number of nitrogens with two attached hydrogens (primary N) is 1. The molecule has 0 aromatic heterocycles. The van der Waals surface area contributed by atoms with Crippen molar-refractivity contribution in [1.82, 2.24) is 0 Å². The van der Waals surface area contributed by atoms with Crippen LogP contribution in [0.1, 0.15) is 296 Å². The van der Waals surface area contributed by atoms with Crippen molar-refractivity contribution in [1.29, 1.82) is 0 Å². The lowest BCUT2D eigenvalue weighted by molar-refractivity contribution is -0.161. The van der Waals surface area contributed by atoms with Gasteiger partial charge >= 0.3 is 19.8 Å². The second-order valence-electron chi connectivity index (χ2n) is 22.7. The van der Waals surface area contributed by atoms with Crippen molar-refractivity contribution in [2.24, 2.45) is 5.73 Å². The average molecular weight is 1200 g/mol. The fourth-order valence-electron chi connectivity index (χ4n) is 9.43. The summed E-state index contributed by atoms with van der Waals surface area (Å²) in [7, 11) is -4.41. The van der Waals surface area contributed by atoms with Crippen LogP contribution in [0.15, 0.2) is 134 Å².